The number of nitrogens with one attached hydrogen (secondary N) is 1. The summed E-state index contributed by atoms with van der Waals surface area (Å²) < 4.78 is 6.06. The van der Waals surface area contributed by atoms with E-state index in [0.717, 1.165) is 11.3 Å². The fourth-order valence-electron chi connectivity index (χ4n) is 3.55. The smallest absolute Gasteiger partial charge is 0.120 e. The first-order chi connectivity index (χ1) is 11.3. The van der Waals surface area contributed by atoms with E-state index in [1.54, 1.807) is 0 Å². The van der Waals surface area contributed by atoms with Crippen molar-refractivity contribution < 1.29 is 4.74 Å². The molecule has 0 radical (unpaired) electrons. The maximum Gasteiger partial charge on any atom is 0.120 e. The molecule has 0 saturated heterocycles. The molecule has 0 aliphatic carbocycles. The maximum atomic E-state index is 6.06. The number of pyridine rings is 1. The molecule has 2 aromatic carbocycles. The van der Waals surface area contributed by atoms with Gasteiger partial charge in [-0.3, -0.25) is 4.98 Å². The van der Waals surface area contributed by atoms with Gasteiger partial charge in [-0.15, -0.1) is 0 Å². The van der Waals surface area contributed by atoms with Crippen LogP contribution in [0.2, 0.25) is 0 Å². The molecule has 0 aliphatic heterocycles. The molecule has 0 spiro atoms. The van der Waals surface area contributed by atoms with Gasteiger partial charge in [-0.25, -0.2) is 0 Å². The number of aryl methyl sites for hydroxylation is 2. The van der Waals surface area contributed by atoms with Crippen LogP contribution in [0.5, 0.6) is 5.75 Å². The van der Waals surface area contributed by atoms with E-state index in [1.807, 2.05) is 18.5 Å². The fourth-order valence-corrected chi connectivity index (χ4v) is 3.55. The van der Waals surface area contributed by atoms with Crippen molar-refractivity contribution in [3.8, 4) is 5.75 Å². The van der Waals surface area contributed by atoms with E-state index in [2.05, 4.69) is 62.8 Å². The van der Waals surface area contributed by atoms with E-state index < -0.39 is 0 Å². The molecule has 0 aliphatic rings. The standard InChI is InChI=1S/C21H22N2O/c1-12-17-11-22-9-8-15(17)13(2)20-19(12)16-10-14(24-21(3,4)5)6-7-18(16)23-20/h6-11,23H,1-5H3. The first-order valence-electron chi connectivity index (χ1n) is 8.32. The highest BCUT2D eigenvalue weighted by Gasteiger charge is 2.16. The van der Waals surface area contributed by atoms with Crippen LogP contribution in [-0.2, 0) is 0 Å². The third-order valence-corrected chi connectivity index (χ3v) is 4.57. The Morgan fingerprint density at radius 1 is 0.958 bits per heavy atom. The SMILES string of the molecule is Cc1c2ccncc2c(C)c2c1[nH]c1ccc(OC(C)(C)C)cc12. The lowest BCUT2D eigenvalue weighted by atomic mass is 9.97. The van der Waals surface area contributed by atoms with Crippen LogP contribution in [-0.4, -0.2) is 15.6 Å². The van der Waals surface area contributed by atoms with Gasteiger partial charge in [-0.05, 0) is 75.4 Å². The van der Waals surface area contributed by atoms with Crippen molar-refractivity contribution in [1.82, 2.24) is 9.97 Å². The molecule has 0 saturated carbocycles. The first kappa shape index (κ1) is 15.0. The number of nitrogens with zero attached hydrogens (tertiary/aromatic N) is 1. The highest BCUT2D eigenvalue weighted by Crippen LogP contribution is 2.37. The molecule has 0 atom stereocenters. The summed E-state index contributed by atoms with van der Waals surface area (Å²) in [6.07, 6.45) is 3.82. The summed E-state index contributed by atoms with van der Waals surface area (Å²) >= 11 is 0. The van der Waals surface area contributed by atoms with Crippen LogP contribution in [0.15, 0.2) is 36.7 Å². The molecule has 4 rings (SSSR count). The second-order valence-electron chi connectivity index (χ2n) is 7.47. The number of rotatable bonds is 1. The number of aromatic amines is 1. The van der Waals surface area contributed by atoms with Crippen LogP contribution in [0.3, 0.4) is 0 Å². The molecule has 3 heteroatoms. The minimum atomic E-state index is -0.207. The van der Waals surface area contributed by atoms with Crippen LogP contribution in [0.1, 0.15) is 31.9 Å². The quantitative estimate of drug-likeness (QED) is 0.491. The van der Waals surface area contributed by atoms with Gasteiger partial charge in [0.05, 0.1) is 5.52 Å². The summed E-state index contributed by atoms with van der Waals surface area (Å²) in [5, 5.41) is 4.94. The fraction of sp³-hybridized carbons (Fsp3) is 0.286. The second-order valence-corrected chi connectivity index (χ2v) is 7.47. The number of hydrogen-bond acceptors (Lipinski definition) is 2. The summed E-state index contributed by atoms with van der Waals surface area (Å²) in [6.45, 7) is 10.6. The average Bonchev–Trinajstić information content (AvgIpc) is 2.90. The Kier molecular flexibility index (Phi) is 3.11. The minimum Gasteiger partial charge on any atom is -0.488 e. The van der Waals surface area contributed by atoms with Gasteiger partial charge in [0, 0.05) is 34.1 Å². The van der Waals surface area contributed by atoms with Gasteiger partial charge >= 0.3 is 0 Å². The summed E-state index contributed by atoms with van der Waals surface area (Å²) in [4.78, 5) is 7.91. The van der Waals surface area contributed by atoms with Crippen molar-refractivity contribution in [3.05, 3.63) is 47.8 Å². The highest BCUT2D eigenvalue weighted by molar-refractivity contribution is 6.16. The van der Waals surface area contributed by atoms with E-state index >= 15 is 0 Å². The number of ether oxygens (including phenoxy) is 1. The van der Waals surface area contributed by atoms with Gasteiger partial charge in [-0.2, -0.15) is 0 Å². The van der Waals surface area contributed by atoms with Crippen LogP contribution in [0.25, 0.3) is 32.6 Å². The number of hydrogen-bond donors (Lipinski definition) is 1. The van der Waals surface area contributed by atoms with Crippen molar-refractivity contribution in [1.29, 1.82) is 0 Å². The molecule has 0 amide bonds. The third kappa shape index (κ3) is 2.23. The van der Waals surface area contributed by atoms with Gasteiger partial charge in [0.25, 0.3) is 0 Å². The minimum absolute atomic E-state index is 0.207. The van der Waals surface area contributed by atoms with Gasteiger partial charge in [-0.1, -0.05) is 0 Å². The molecule has 1 N–H and O–H groups in total. The molecule has 0 fully saturated rings. The monoisotopic (exact) mass is 318 g/mol. The molecule has 24 heavy (non-hydrogen) atoms. The van der Waals surface area contributed by atoms with Gasteiger partial charge in [0.15, 0.2) is 0 Å². The predicted octanol–water partition coefficient (Wildman–Crippen LogP) is 5.66. The third-order valence-electron chi connectivity index (χ3n) is 4.57. The molecular formula is C21H22N2O. The number of H-pyrrole nitrogens is 1. The molecule has 0 bridgehead atoms. The Balaban J connectivity index is 2.09. The van der Waals surface area contributed by atoms with Gasteiger partial charge in [0.1, 0.15) is 11.4 Å². The molecule has 122 valence electrons. The van der Waals surface area contributed by atoms with E-state index in [-0.39, 0.29) is 5.60 Å². The van der Waals surface area contributed by atoms with E-state index in [1.165, 1.54) is 38.2 Å². The molecule has 4 aromatic rings. The summed E-state index contributed by atoms with van der Waals surface area (Å²) in [5.41, 5.74) is 4.66. The largest absolute Gasteiger partial charge is 0.488 e. The van der Waals surface area contributed by atoms with Gasteiger partial charge < -0.3 is 9.72 Å². The van der Waals surface area contributed by atoms with E-state index in [9.17, 15) is 0 Å². The molecule has 3 nitrogen and oxygen atoms in total. The van der Waals surface area contributed by atoms with Crippen molar-refractivity contribution in [3.63, 3.8) is 0 Å². The Morgan fingerprint density at radius 2 is 1.75 bits per heavy atom. The second kappa shape index (κ2) is 4.97. The van der Waals surface area contributed by atoms with Crippen LogP contribution in [0.4, 0.5) is 0 Å². The first-order valence-corrected chi connectivity index (χ1v) is 8.32. The Hall–Kier alpha value is -2.55. The Labute approximate surface area is 141 Å². The zero-order valence-corrected chi connectivity index (χ0v) is 14.8. The molecule has 2 heterocycles. The normalized spacial score (nSPS) is 12.4. The predicted molar refractivity (Wildman–Crippen MR) is 101 cm³/mol. The number of benzene rings is 2. The van der Waals surface area contributed by atoms with Crippen LogP contribution >= 0.6 is 0 Å². The van der Waals surface area contributed by atoms with Crippen molar-refractivity contribution in [2.45, 2.75) is 40.2 Å². The molecular weight excluding hydrogens is 296 g/mol. The average molecular weight is 318 g/mol. The van der Waals surface area contributed by atoms with Crippen molar-refractivity contribution >= 4 is 32.6 Å². The zero-order chi connectivity index (χ0) is 17.1. The molecule has 2 aromatic heterocycles. The lowest BCUT2D eigenvalue weighted by molar-refractivity contribution is 0.131. The summed E-state index contributed by atoms with van der Waals surface area (Å²) in [7, 11) is 0. The Morgan fingerprint density at radius 3 is 2.50 bits per heavy atom. The molecule has 0 unspecified atom stereocenters. The van der Waals surface area contributed by atoms with Crippen LogP contribution < -0.4 is 4.74 Å². The Bertz CT molecular complexity index is 1080. The topological polar surface area (TPSA) is 37.9 Å². The van der Waals surface area contributed by atoms with Crippen molar-refractivity contribution in [2.24, 2.45) is 0 Å². The van der Waals surface area contributed by atoms with E-state index in [0.29, 0.717) is 0 Å². The van der Waals surface area contributed by atoms with Gasteiger partial charge in [0.2, 0.25) is 0 Å². The van der Waals surface area contributed by atoms with Crippen molar-refractivity contribution in [2.75, 3.05) is 0 Å². The highest BCUT2D eigenvalue weighted by atomic mass is 16.5. The lowest BCUT2D eigenvalue weighted by Crippen LogP contribution is -2.22. The lowest BCUT2D eigenvalue weighted by Gasteiger charge is -2.21. The number of fused-ring (bicyclic) bond motifs is 4. The summed E-state index contributed by atoms with van der Waals surface area (Å²) in [6, 6.07) is 8.39. The summed E-state index contributed by atoms with van der Waals surface area (Å²) in [5.74, 6) is 0.902. The van der Waals surface area contributed by atoms with E-state index in [4.69, 9.17) is 4.74 Å². The number of aromatic nitrogens is 2. The zero-order valence-electron chi connectivity index (χ0n) is 14.8. The maximum absolute atomic E-state index is 6.06. The van der Waals surface area contributed by atoms with Crippen LogP contribution in [0, 0.1) is 13.8 Å².